The Kier molecular flexibility index (Phi) is 2.50. The first-order valence-corrected chi connectivity index (χ1v) is 3.71. The maximum atomic E-state index is 11.1. The lowest BCUT2D eigenvalue weighted by atomic mass is 10.1. The van der Waals surface area contributed by atoms with Gasteiger partial charge in [0.25, 0.3) is 0 Å². The molecule has 0 fully saturated rings. The van der Waals surface area contributed by atoms with Crippen LogP contribution < -0.4 is 0 Å². The van der Waals surface area contributed by atoms with Gasteiger partial charge in [-0.15, -0.1) is 0 Å². The van der Waals surface area contributed by atoms with E-state index in [1.54, 1.807) is 0 Å². The normalized spacial score (nSPS) is 15.6. The average Bonchev–Trinajstić information content (AvgIpc) is 2.39. The van der Waals surface area contributed by atoms with Gasteiger partial charge in [-0.25, -0.2) is 14.4 Å². The maximum Gasteiger partial charge on any atom is 0.340 e. The number of allylic oxidation sites excluding steroid dienone is 1. The number of carbonyl (C=O) groups excluding carboxylic acids is 1. The summed E-state index contributed by atoms with van der Waals surface area (Å²) in [7, 11) is 0. The van der Waals surface area contributed by atoms with Crippen molar-refractivity contribution in [2.24, 2.45) is 0 Å². The number of rotatable bonds is 3. The van der Waals surface area contributed by atoms with E-state index in [9.17, 15) is 19.2 Å². The van der Waals surface area contributed by atoms with E-state index in [-0.39, 0.29) is 0 Å². The van der Waals surface area contributed by atoms with Gasteiger partial charge in [-0.05, 0) is 0 Å². The van der Waals surface area contributed by atoms with Gasteiger partial charge in [-0.1, -0.05) is 0 Å². The van der Waals surface area contributed by atoms with Crippen LogP contribution in [0, 0.1) is 0 Å². The largest absolute Gasteiger partial charge is 0.503 e. The smallest absolute Gasteiger partial charge is 0.340 e. The van der Waals surface area contributed by atoms with Crippen LogP contribution in [0.1, 0.15) is 0 Å². The second-order valence-corrected chi connectivity index (χ2v) is 2.72. The van der Waals surface area contributed by atoms with Crippen LogP contribution in [0.2, 0.25) is 0 Å². The number of carbonyl (C=O) groups is 4. The Morgan fingerprint density at radius 1 is 0.750 bits per heavy atom. The molecule has 0 aromatic heterocycles. The summed E-state index contributed by atoms with van der Waals surface area (Å²) in [5.41, 5.74) is -3.69. The number of Topliss-reactive ketones (excluding diaryl/α,β-unsaturated/α-hetero) is 1. The minimum atomic E-state index is -1.91. The first-order valence-electron chi connectivity index (χ1n) is 3.71. The number of aliphatic hydroxyl groups excluding tert-OH is 1. The Morgan fingerprint density at radius 3 is 1.44 bits per heavy atom. The summed E-state index contributed by atoms with van der Waals surface area (Å²) in [5.74, 6) is -8.62. The summed E-state index contributed by atoms with van der Waals surface area (Å²) >= 11 is 0. The lowest BCUT2D eigenvalue weighted by molar-refractivity contribution is -0.137. The molecule has 0 aromatic carbocycles. The molecule has 0 aliphatic heterocycles. The van der Waals surface area contributed by atoms with Crippen LogP contribution in [0.15, 0.2) is 22.5 Å². The Morgan fingerprint density at radius 2 is 1.12 bits per heavy atom. The molecular formula is C8H4O8. The second-order valence-electron chi connectivity index (χ2n) is 2.72. The zero-order valence-electron chi connectivity index (χ0n) is 7.42. The van der Waals surface area contributed by atoms with Crippen molar-refractivity contribution < 1.29 is 39.6 Å². The molecule has 0 aromatic rings. The highest BCUT2D eigenvalue weighted by Gasteiger charge is 2.42. The molecule has 0 saturated carbocycles. The number of carboxylic acid groups (broad SMARTS) is 3. The predicted molar refractivity (Wildman–Crippen MR) is 44.6 cm³/mol. The highest BCUT2D eigenvalue weighted by Crippen LogP contribution is 2.28. The SMILES string of the molecule is O=C(O)C1=C(O)C(=O)C(C(=O)O)=C1C(=O)O. The van der Waals surface area contributed by atoms with Crippen molar-refractivity contribution in [3.05, 3.63) is 22.5 Å². The van der Waals surface area contributed by atoms with E-state index in [0.29, 0.717) is 0 Å². The molecule has 0 atom stereocenters. The third-order valence-corrected chi connectivity index (χ3v) is 1.82. The second kappa shape index (κ2) is 3.50. The van der Waals surface area contributed by atoms with Crippen molar-refractivity contribution in [3.8, 4) is 0 Å². The van der Waals surface area contributed by atoms with Crippen LogP contribution >= 0.6 is 0 Å². The zero-order valence-corrected chi connectivity index (χ0v) is 7.42. The van der Waals surface area contributed by atoms with E-state index >= 15 is 0 Å². The van der Waals surface area contributed by atoms with Gasteiger partial charge < -0.3 is 20.4 Å². The Bertz CT molecular complexity index is 475. The number of aliphatic hydroxyl groups is 1. The van der Waals surface area contributed by atoms with Crippen LogP contribution in [0.25, 0.3) is 0 Å². The number of ketones is 1. The summed E-state index contributed by atoms with van der Waals surface area (Å²) in [5, 5.41) is 34.8. The molecule has 0 saturated heterocycles. The molecule has 84 valence electrons. The first kappa shape index (κ1) is 11.4. The molecule has 8 heteroatoms. The fourth-order valence-electron chi connectivity index (χ4n) is 1.22. The van der Waals surface area contributed by atoms with E-state index in [1.165, 1.54) is 0 Å². The van der Waals surface area contributed by atoms with Gasteiger partial charge in [0.1, 0.15) is 11.1 Å². The summed E-state index contributed by atoms with van der Waals surface area (Å²) in [6.07, 6.45) is 0. The van der Waals surface area contributed by atoms with E-state index in [2.05, 4.69) is 0 Å². The molecule has 0 amide bonds. The van der Waals surface area contributed by atoms with E-state index in [4.69, 9.17) is 20.4 Å². The van der Waals surface area contributed by atoms with Gasteiger partial charge in [0.05, 0.1) is 5.57 Å². The van der Waals surface area contributed by atoms with E-state index < -0.39 is 46.2 Å². The van der Waals surface area contributed by atoms with E-state index in [1.807, 2.05) is 0 Å². The van der Waals surface area contributed by atoms with Crippen molar-refractivity contribution in [1.29, 1.82) is 0 Å². The monoisotopic (exact) mass is 228 g/mol. The zero-order chi connectivity index (χ0) is 12.6. The Hall–Kier alpha value is -2.64. The number of hydrogen-bond donors (Lipinski definition) is 4. The fraction of sp³-hybridized carbons (Fsp3) is 0. The number of carboxylic acids is 3. The Labute approximate surface area is 86.7 Å². The molecule has 4 N–H and O–H groups in total. The quantitative estimate of drug-likeness (QED) is 0.446. The van der Waals surface area contributed by atoms with Crippen molar-refractivity contribution in [2.45, 2.75) is 0 Å². The van der Waals surface area contributed by atoms with Gasteiger partial charge in [0, 0.05) is 0 Å². The molecular weight excluding hydrogens is 224 g/mol. The first-order chi connectivity index (χ1) is 7.29. The van der Waals surface area contributed by atoms with E-state index in [0.717, 1.165) is 0 Å². The number of aliphatic carboxylic acids is 3. The molecule has 16 heavy (non-hydrogen) atoms. The van der Waals surface area contributed by atoms with Crippen molar-refractivity contribution in [2.75, 3.05) is 0 Å². The topological polar surface area (TPSA) is 149 Å². The standard InChI is InChI=1S/C8H4O8/c9-4-2(7(13)14)1(6(11)12)3(5(4)10)8(15)16/h(H,9,10)(H,11,12)(H,13,14)(H,15,16). The number of hydrogen-bond acceptors (Lipinski definition) is 5. The molecule has 1 aliphatic rings. The van der Waals surface area contributed by atoms with Crippen LogP contribution in [0.5, 0.6) is 0 Å². The third-order valence-electron chi connectivity index (χ3n) is 1.82. The van der Waals surface area contributed by atoms with Gasteiger partial charge in [-0.3, -0.25) is 4.79 Å². The fourth-order valence-corrected chi connectivity index (χ4v) is 1.22. The van der Waals surface area contributed by atoms with Gasteiger partial charge in [-0.2, -0.15) is 0 Å². The van der Waals surface area contributed by atoms with Crippen LogP contribution in [0.3, 0.4) is 0 Å². The molecule has 0 spiro atoms. The summed E-state index contributed by atoms with van der Waals surface area (Å²) in [6.45, 7) is 0. The van der Waals surface area contributed by atoms with Gasteiger partial charge >= 0.3 is 17.9 Å². The van der Waals surface area contributed by atoms with Gasteiger partial charge in [0.15, 0.2) is 5.76 Å². The molecule has 1 aliphatic carbocycles. The summed E-state index contributed by atoms with van der Waals surface area (Å²) in [4.78, 5) is 42.9. The molecule has 0 radical (unpaired) electrons. The predicted octanol–water partition coefficient (Wildman–Crippen LogP) is -1.07. The van der Waals surface area contributed by atoms with Crippen molar-refractivity contribution >= 4 is 23.7 Å². The van der Waals surface area contributed by atoms with Crippen LogP contribution in [-0.2, 0) is 19.2 Å². The van der Waals surface area contributed by atoms with Gasteiger partial charge in [0.2, 0.25) is 5.78 Å². The molecule has 1 rings (SSSR count). The van der Waals surface area contributed by atoms with Crippen molar-refractivity contribution in [3.63, 3.8) is 0 Å². The summed E-state index contributed by atoms with van der Waals surface area (Å²) < 4.78 is 0. The molecule has 0 heterocycles. The highest BCUT2D eigenvalue weighted by atomic mass is 16.4. The van der Waals surface area contributed by atoms with Crippen LogP contribution in [0.4, 0.5) is 0 Å². The van der Waals surface area contributed by atoms with Crippen molar-refractivity contribution in [1.82, 2.24) is 0 Å². The average molecular weight is 228 g/mol. The summed E-state index contributed by atoms with van der Waals surface area (Å²) in [6, 6.07) is 0. The lowest BCUT2D eigenvalue weighted by Gasteiger charge is -1.98. The minimum Gasteiger partial charge on any atom is -0.503 e. The molecule has 0 unspecified atom stereocenters. The molecule has 0 bridgehead atoms. The third kappa shape index (κ3) is 1.41. The highest BCUT2D eigenvalue weighted by molar-refractivity contribution is 6.33. The molecule has 8 nitrogen and oxygen atoms in total. The lowest BCUT2D eigenvalue weighted by Crippen LogP contribution is -2.15. The minimum absolute atomic E-state index is 1.21. The maximum absolute atomic E-state index is 11.1. The Balaban J connectivity index is 3.60. The van der Waals surface area contributed by atoms with Crippen LogP contribution in [-0.4, -0.2) is 44.1 Å².